The molecular formula is C27H37N5O5S. The van der Waals surface area contributed by atoms with Gasteiger partial charge in [-0.1, -0.05) is 45.0 Å². The van der Waals surface area contributed by atoms with Gasteiger partial charge in [-0.05, 0) is 23.5 Å². The minimum absolute atomic E-state index is 0.000893. The van der Waals surface area contributed by atoms with E-state index in [1.807, 2.05) is 52.0 Å². The van der Waals surface area contributed by atoms with Gasteiger partial charge in [-0.3, -0.25) is 19.2 Å². The number of likely N-dealkylation sites (tertiary alicyclic amines) is 1. The summed E-state index contributed by atoms with van der Waals surface area (Å²) < 4.78 is 0. The first kappa shape index (κ1) is 29.2. The third-order valence-electron chi connectivity index (χ3n) is 6.63. The molecule has 2 unspecified atom stereocenters. The Morgan fingerprint density at radius 2 is 1.82 bits per heavy atom. The van der Waals surface area contributed by atoms with Gasteiger partial charge in [-0.15, -0.1) is 11.3 Å². The number of β-amino-alcohol motifs (C(OH)–C–C–N with tert-alkyl or cyclic N) is 1. The monoisotopic (exact) mass is 543 g/mol. The minimum Gasteiger partial charge on any atom is -0.391 e. The number of amides is 4. The molecule has 10 nitrogen and oxygen atoms in total. The van der Waals surface area contributed by atoms with Crippen LogP contribution in [0.5, 0.6) is 0 Å². The number of benzene rings is 1. The molecule has 1 aliphatic heterocycles. The van der Waals surface area contributed by atoms with Crippen molar-refractivity contribution in [2.45, 2.75) is 71.7 Å². The third kappa shape index (κ3) is 6.96. The molecule has 38 heavy (non-hydrogen) atoms. The van der Waals surface area contributed by atoms with E-state index in [4.69, 9.17) is 0 Å². The van der Waals surface area contributed by atoms with E-state index in [9.17, 15) is 24.3 Å². The molecule has 0 radical (unpaired) electrons. The van der Waals surface area contributed by atoms with E-state index in [2.05, 4.69) is 20.9 Å². The van der Waals surface area contributed by atoms with Crippen molar-refractivity contribution >= 4 is 35.0 Å². The van der Waals surface area contributed by atoms with Crippen LogP contribution in [0.15, 0.2) is 29.8 Å². The van der Waals surface area contributed by atoms with Crippen LogP contribution in [0.25, 0.3) is 10.4 Å². The highest BCUT2D eigenvalue weighted by molar-refractivity contribution is 7.13. The number of aliphatic hydroxyl groups is 1. The SMILES string of the molecule is CNC(=O)CC(NC(=O)[C@@H]1C[C@@H](O)CN1C(=O)C(NC(C)=O)C(C)(C)C)c1ccc(-c2scnc2C)cc1. The van der Waals surface area contributed by atoms with Gasteiger partial charge < -0.3 is 26.0 Å². The molecule has 1 aromatic heterocycles. The van der Waals surface area contributed by atoms with Gasteiger partial charge in [0.05, 0.1) is 34.6 Å². The van der Waals surface area contributed by atoms with Crippen LogP contribution in [-0.2, 0) is 19.2 Å². The van der Waals surface area contributed by atoms with Crippen LogP contribution in [0.1, 0.15) is 57.8 Å². The van der Waals surface area contributed by atoms with E-state index >= 15 is 0 Å². The molecule has 4 amide bonds. The summed E-state index contributed by atoms with van der Waals surface area (Å²) in [5.74, 6) is -1.52. The summed E-state index contributed by atoms with van der Waals surface area (Å²) >= 11 is 1.54. The lowest BCUT2D eigenvalue weighted by atomic mass is 9.85. The zero-order valence-electron chi connectivity index (χ0n) is 22.7. The van der Waals surface area contributed by atoms with E-state index in [1.54, 1.807) is 5.51 Å². The Kier molecular flexibility index (Phi) is 9.26. The fourth-order valence-corrected chi connectivity index (χ4v) is 5.39. The van der Waals surface area contributed by atoms with Gasteiger partial charge >= 0.3 is 0 Å². The van der Waals surface area contributed by atoms with Crippen molar-refractivity contribution in [2.24, 2.45) is 5.41 Å². The van der Waals surface area contributed by atoms with Crippen molar-refractivity contribution in [3.63, 3.8) is 0 Å². The molecule has 206 valence electrons. The Bertz CT molecular complexity index is 1170. The lowest BCUT2D eigenvalue weighted by Crippen LogP contribution is -2.57. The largest absolute Gasteiger partial charge is 0.391 e. The molecule has 1 fully saturated rings. The first-order valence-corrected chi connectivity index (χ1v) is 13.5. The molecule has 1 aliphatic rings. The quantitative estimate of drug-likeness (QED) is 0.401. The Balaban J connectivity index is 1.84. The smallest absolute Gasteiger partial charge is 0.246 e. The van der Waals surface area contributed by atoms with Crippen molar-refractivity contribution in [3.05, 3.63) is 41.0 Å². The molecule has 2 heterocycles. The predicted molar refractivity (Wildman–Crippen MR) is 145 cm³/mol. The predicted octanol–water partition coefficient (Wildman–Crippen LogP) is 1.92. The van der Waals surface area contributed by atoms with Crippen LogP contribution in [0.2, 0.25) is 0 Å². The van der Waals surface area contributed by atoms with Gasteiger partial charge in [-0.25, -0.2) is 4.98 Å². The van der Waals surface area contributed by atoms with Crippen LogP contribution in [0, 0.1) is 12.3 Å². The lowest BCUT2D eigenvalue weighted by Gasteiger charge is -2.35. The summed E-state index contributed by atoms with van der Waals surface area (Å²) in [6.45, 7) is 8.72. The highest BCUT2D eigenvalue weighted by Crippen LogP contribution is 2.30. The summed E-state index contributed by atoms with van der Waals surface area (Å²) in [4.78, 5) is 57.8. The fraction of sp³-hybridized carbons (Fsp3) is 0.519. The maximum atomic E-state index is 13.5. The zero-order valence-corrected chi connectivity index (χ0v) is 23.5. The van der Waals surface area contributed by atoms with E-state index in [-0.39, 0.29) is 31.2 Å². The molecule has 0 bridgehead atoms. The number of aryl methyl sites for hydroxylation is 1. The van der Waals surface area contributed by atoms with Crippen LogP contribution in [0.4, 0.5) is 0 Å². The minimum atomic E-state index is -0.942. The number of carbonyl (C=O) groups excluding carboxylic acids is 4. The Morgan fingerprint density at radius 1 is 1.16 bits per heavy atom. The molecule has 4 atom stereocenters. The van der Waals surface area contributed by atoms with Gasteiger partial charge in [0.15, 0.2) is 0 Å². The van der Waals surface area contributed by atoms with Gasteiger partial charge in [0, 0.05) is 26.9 Å². The summed E-state index contributed by atoms with van der Waals surface area (Å²) in [6, 6.07) is 5.11. The number of rotatable bonds is 8. The highest BCUT2D eigenvalue weighted by atomic mass is 32.1. The standard InChI is InChI=1S/C27H37N5O5S/c1-15-23(38-14-29-15)18-9-7-17(8-10-18)20(12-22(35)28-6)31-25(36)21-11-19(34)13-32(21)26(37)24(27(3,4)5)30-16(2)33/h7-10,14,19-21,24,34H,11-13H2,1-6H3,(H,28,35)(H,30,33)(H,31,36)/t19-,20?,21+,24?/m1/s1. The molecule has 0 saturated carbocycles. The maximum absolute atomic E-state index is 13.5. The molecule has 2 aromatic rings. The summed E-state index contributed by atoms with van der Waals surface area (Å²) in [5, 5.41) is 18.6. The topological polar surface area (TPSA) is 141 Å². The maximum Gasteiger partial charge on any atom is 0.246 e. The molecular weight excluding hydrogens is 506 g/mol. The number of hydrogen-bond donors (Lipinski definition) is 4. The molecule has 0 spiro atoms. The van der Waals surface area contributed by atoms with Crippen molar-refractivity contribution in [3.8, 4) is 10.4 Å². The van der Waals surface area contributed by atoms with E-state index in [1.165, 1.54) is 30.2 Å². The van der Waals surface area contributed by atoms with Crippen molar-refractivity contribution in [1.29, 1.82) is 0 Å². The van der Waals surface area contributed by atoms with Crippen molar-refractivity contribution in [1.82, 2.24) is 25.8 Å². The van der Waals surface area contributed by atoms with Gasteiger partial charge in [0.25, 0.3) is 0 Å². The first-order chi connectivity index (χ1) is 17.8. The average Bonchev–Trinajstić information content (AvgIpc) is 3.46. The normalized spacial score (nSPS) is 19.0. The summed E-state index contributed by atoms with van der Waals surface area (Å²) in [5.41, 5.74) is 3.81. The second kappa shape index (κ2) is 12.0. The first-order valence-electron chi connectivity index (χ1n) is 12.6. The molecule has 3 rings (SSSR count). The van der Waals surface area contributed by atoms with Crippen LogP contribution in [0.3, 0.4) is 0 Å². The Morgan fingerprint density at radius 3 is 2.34 bits per heavy atom. The second-order valence-electron chi connectivity index (χ2n) is 10.7. The Hall–Kier alpha value is -3.31. The number of thiazole rings is 1. The number of nitrogens with one attached hydrogen (secondary N) is 3. The van der Waals surface area contributed by atoms with Crippen molar-refractivity contribution in [2.75, 3.05) is 13.6 Å². The second-order valence-corrected chi connectivity index (χ2v) is 11.6. The number of aromatic nitrogens is 1. The fourth-order valence-electron chi connectivity index (χ4n) is 4.58. The third-order valence-corrected chi connectivity index (χ3v) is 7.61. The van der Waals surface area contributed by atoms with Gasteiger partial charge in [0.2, 0.25) is 23.6 Å². The molecule has 11 heteroatoms. The van der Waals surface area contributed by atoms with E-state index in [0.29, 0.717) is 0 Å². The van der Waals surface area contributed by atoms with E-state index in [0.717, 1.165) is 21.7 Å². The number of nitrogens with zero attached hydrogens (tertiary/aromatic N) is 2. The number of carbonyl (C=O) groups is 4. The van der Waals surface area contributed by atoms with Crippen LogP contribution < -0.4 is 16.0 Å². The highest BCUT2D eigenvalue weighted by Gasteiger charge is 2.44. The Labute approximate surface area is 227 Å². The van der Waals surface area contributed by atoms with E-state index < -0.39 is 41.5 Å². The van der Waals surface area contributed by atoms with Gasteiger partial charge in [0.1, 0.15) is 12.1 Å². The zero-order chi connectivity index (χ0) is 28.2. The van der Waals surface area contributed by atoms with Gasteiger partial charge in [-0.2, -0.15) is 0 Å². The molecule has 0 aliphatic carbocycles. The van der Waals surface area contributed by atoms with Crippen LogP contribution in [-0.4, -0.2) is 70.4 Å². The average molecular weight is 544 g/mol. The molecule has 1 saturated heterocycles. The molecule has 4 N–H and O–H groups in total. The number of aliphatic hydroxyl groups excluding tert-OH is 1. The summed E-state index contributed by atoms with van der Waals surface area (Å²) in [6.07, 6.45) is -0.821. The summed E-state index contributed by atoms with van der Waals surface area (Å²) in [7, 11) is 1.53. The molecule has 1 aromatic carbocycles. The lowest BCUT2D eigenvalue weighted by molar-refractivity contribution is -0.144. The number of hydrogen-bond acceptors (Lipinski definition) is 7. The van der Waals surface area contributed by atoms with Crippen molar-refractivity contribution < 1.29 is 24.3 Å². The van der Waals surface area contributed by atoms with Crippen LogP contribution >= 0.6 is 11.3 Å².